The summed E-state index contributed by atoms with van der Waals surface area (Å²) in [6.07, 6.45) is 1.91. The lowest BCUT2D eigenvalue weighted by Crippen LogP contribution is -2.13. The van der Waals surface area contributed by atoms with Gasteiger partial charge in [-0.1, -0.05) is 76.6 Å². The second-order valence-electron chi connectivity index (χ2n) is 5.30. The van der Waals surface area contributed by atoms with Gasteiger partial charge in [0.05, 0.1) is 0 Å². The van der Waals surface area contributed by atoms with E-state index in [0.717, 1.165) is 21.3 Å². The molecule has 0 spiro atoms. The van der Waals surface area contributed by atoms with Gasteiger partial charge in [0.1, 0.15) is 0 Å². The minimum atomic E-state index is -0.132. The lowest BCUT2D eigenvalue weighted by Gasteiger charge is -2.10. The number of carbonyl (C=O) groups excluding carboxylic acids is 1. The van der Waals surface area contributed by atoms with Crippen molar-refractivity contribution in [3.05, 3.63) is 101 Å². The van der Waals surface area contributed by atoms with Crippen LogP contribution in [0.2, 0.25) is 0 Å². The molecule has 0 aliphatic heterocycles. The number of anilines is 1. The van der Waals surface area contributed by atoms with Gasteiger partial charge in [0.15, 0.2) is 0 Å². The number of halogens is 1. The van der Waals surface area contributed by atoms with Crippen molar-refractivity contribution in [3.8, 4) is 0 Å². The fourth-order valence-corrected chi connectivity index (χ4v) is 2.61. The summed E-state index contributed by atoms with van der Waals surface area (Å²) in [6, 6.07) is 27.1. The summed E-state index contributed by atoms with van der Waals surface area (Å²) in [5.41, 5.74) is 3.26. The minimum absolute atomic E-state index is 0.132. The van der Waals surface area contributed by atoms with E-state index >= 15 is 0 Å². The molecule has 0 aliphatic carbocycles. The van der Waals surface area contributed by atoms with Crippen molar-refractivity contribution >= 4 is 39.2 Å². The number of nitrogens with one attached hydrogen (secondary N) is 1. The minimum Gasteiger partial charge on any atom is -0.322 e. The Hall–Kier alpha value is -2.65. The Morgan fingerprint density at radius 1 is 0.792 bits per heavy atom. The SMILES string of the molecule is O=C(Nc1ccc(Br)cc1)/C(=C/c1ccccc1)c1ccccc1. The van der Waals surface area contributed by atoms with Crippen LogP contribution in [0.3, 0.4) is 0 Å². The largest absolute Gasteiger partial charge is 0.322 e. The first-order valence-corrected chi connectivity index (χ1v) is 8.41. The molecule has 0 saturated heterocycles. The molecule has 2 nitrogen and oxygen atoms in total. The molecule has 24 heavy (non-hydrogen) atoms. The van der Waals surface area contributed by atoms with Crippen molar-refractivity contribution < 1.29 is 4.79 Å². The Labute approximate surface area is 150 Å². The molecule has 0 unspecified atom stereocenters. The Balaban J connectivity index is 1.94. The van der Waals surface area contributed by atoms with Crippen molar-refractivity contribution in [2.45, 2.75) is 0 Å². The average Bonchev–Trinajstić information content (AvgIpc) is 2.63. The topological polar surface area (TPSA) is 29.1 Å². The van der Waals surface area contributed by atoms with Crippen LogP contribution >= 0.6 is 15.9 Å². The summed E-state index contributed by atoms with van der Waals surface area (Å²) in [5, 5.41) is 2.96. The van der Waals surface area contributed by atoms with Crippen LogP contribution in [0.25, 0.3) is 11.6 Å². The monoisotopic (exact) mass is 377 g/mol. The van der Waals surface area contributed by atoms with Crippen LogP contribution in [0.1, 0.15) is 11.1 Å². The van der Waals surface area contributed by atoms with E-state index in [2.05, 4.69) is 21.2 Å². The highest BCUT2D eigenvalue weighted by Gasteiger charge is 2.12. The lowest BCUT2D eigenvalue weighted by molar-refractivity contribution is -0.111. The standard InChI is InChI=1S/C21H16BrNO/c22-18-11-13-19(14-12-18)23-21(24)20(17-9-5-2-6-10-17)15-16-7-3-1-4-8-16/h1-15H,(H,23,24)/b20-15+. The second kappa shape index (κ2) is 7.75. The van der Waals surface area contributed by atoms with Crippen molar-refractivity contribution in [2.75, 3.05) is 5.32 Å². The molecule has 0 fully saturated rings. The summed E-state index contributed by atoms with van der Waals surface area (Å²) in [4.78, 5) is 12.8. The zero-order valence-electron chi connectivity index (χ0n) is 12.9. The van der Waals surface area contributed by atoms with Gasteiger partial charge in [-0.05, 0) is 41.5 Å². The van der Waals surface area contributed by atoms with Crippen LogP contribution in [0, 0.1) is 0 Å². The highest BCUT2D eigenvalue weighted by Crippen LogP contribution is 2.21. The van der Waals surface area contributed by atoms with Gasteiger partial charge in [0.25, 0.3) is 5.91 Å². The third-order valence-corrected chi connectivity index (χ3v) is 4.07. The Morgan fingerprint density at radius 3 is 2.00 bits per heavy atom. The van der Waals surface area contributed by atoms with Gasteiger partial charge >= 0.3 is 0 Å². The number of carbonyl (C=O) groups is 1. The Kier molecular flexibility index (Phi) is 5.24. The van der Waals surface area contributed by atoms with Gasteiger partial charge in [-0.2, -0.15) is 0 Å². The molecule has 3 rings (SSSR count). The van der Waals surface area contributed by atoms with Gasteiger partial charge < -0.3 is 5.32 Å². The Morgan fingerprint density at radius 2 is 1.38 bits per heavy atom. The smallest absolute Gasteiger partial charge is 0.256 e. The first-order valence-electron chi connectivity index (χ1n) is 7.61. The summed E-state index contributed by atoms with van der Waals surface area (Å²) in [7, 11) is 0. The molecule has 3 heteroatoms. The number of hydrogen-bond donors (Lipinski definition) is 1. The Bertz CT molecular complexity index is 840. The van der Waals surface area contributed by atoms with Crippen molar-refractivity contribution in [2.24, 2.45) is 0 Å². The molecule has 0 saturated carbocycles. The van der Waals surface area contributed by atoms with Gasteiger partial charge in [0.2, 0.25) is 0 Å². The molecule has 0 heterocycles. The normalized spacial score (nSPS) is 11.1. The van der Waals surface area contributed by atoms with Gasteiger partial charge in [-0.15, -0.1) is 0 Å². The molecule has 0 bridgehead atoms. The fourth-order valence-electron chi connectivity index (χ4n) is 2.35. The average molecular weight is 378 g/mol. The molecule has 0 atom stereocenters. The predicted octanol–water partition coefficient (Wildman–Crippen LogP) is 5.63. The maximum atomic E-state index is 12.8. The van der Waals surface area contributed by atoms with E-state index < -0.39 is 0 Å². The zero-order chi connectivity index (χ0) is 16.8. The van der Waals surface area contributed by atoms with E-state index in [0.29, 0.717) is 5.57 Å². The summed E-state index contributed by atoms with van der Waals surface area (Å²) >= 11 is 3.40. The highest BCUT2D eigenvalue weighted by atomic mass is 79.9. The molecule has 3 aromatic rings. The van der Waals surface area contributed by atoms with Gasteiger partial charge in [-0.3, -0.25) is 4.79 Å². The molecule has 0 aliphatic rings. The summed E-state index contributed by atoms with van der Waals surface area (Å²) < 4.78 is 0.976. The van der Waals surface area contributed by atoms with Crippen LogP contribution in [0.5, 0.6) is 0 Å². The summed E-state index contributed by atoms with van der Waals surface area (Å²) in [5.74, 6) is -0.132. The van der Waals surface area contributed by atoms with Crippen LogP contribution in [-0.2, 0) is 4.79 Å². The highest BCUT2D eigenvalue weighted by molar-refractivity contribution is 9.10. The molecule has 1 amide bonds. The maximum Gasteiger partial charge on any atom is 0.256 e. The summed E-state index contributed by atoms with van der Waals surface area (Å²) in [6.45, 7) is 0. The molecule has 3 aromatic carbocycles. The second-order valence-corrected chi connectivity index (χ2v) is 6.21. The molecule has 118 valence electrons. The first-order chi connectivity index (χ1) is 11.7. The van der Waals surface area contributed by atoms with E-state index in [1.54, 1.807) is 0 Å². The third-order valence-electron chi connectivity index (χ3n) is 3.54. The van der Waals surface area contributed by atoms with Crippen LogP contribution in [0.4, 0.5) is 5.69 Å². The first kappa shape index (κ1) is 16.2. The third kappa shape index (κ3) is 4.21. The van der Waals surface area contributed by atoms with E-state index in [-0.39, 0.29) is 5.91 Å². The van der Waals surface area contributed by atoms with Crippen LogP contribution in [0.15, 0.2) is 89.4 Å². The molecule has 0 aromatic heterocycles. The predicted molar refractivity (Wildman–Crippen MR) is 104 cm³/mol. The van der Waals surface area contributed by atoms with E-state index in [1.165, 1.54) is 0 Å². The molecule has 0 radical (unpaired) electrons. The van der Waals surface area contributed by atoms with Crippen molar-refractivity contribution in [1.29, 1.82) is 0 Å². The number of amides is 1. The molecular weight excluding hydrogens is 362 g/mol. The molecule has 1 N–H and O–H groups in total. The lowest BCUT2D eigenvalue weighted by atomic mass is 10.0. The zero-order valence-corrected chi connectivity index (χ0v) is 14.5. The maximum absolute atomic E-state index is 12.8. The van der Waals surface area contributed by atoms with E-state index in [4.69, 9.17) is 0 Å². The number of hydrogen-bond acceptors (Lipinski definition) is 1. The number of rotatable bonds is 4. The van der Waals surface area contributed by atoms with Gasteiger partial charge in [0, 0.05) is 15.7 Å². The quantitative estimate of drug-likeness (QED) is 0.463. The van der Waals surface area contributed by atoms with Crippen LogP contribution < -0.4 is 5.32 Å². The van der Waals surface area contributed by atoms with Crippen molar-refractivity contribution in [3.63, 3.8) is 0 Å². The number of benzene rings is 3. The van der Waals surface area contributed by atoms with Crippen molar-refractivity contribution in [1.82, 2.24) is 0 Å². The molecular formula is C21H16BrNO. The van der Waals surface area contributed by atoms with Gasteiger partial charge in [-0.25, -0.2) is 0 Å². The van der Waals surface area contributed by atoms with E-state index in [1.807, 2.05) is 91.0 Å². The van der Waals surface area contributed by atoms with E-state index in [9.17, 15) is 4.79 Å². The van der Waals surface area contributed by atoms with Crippen LogP contribution in [-0.4, -0.2) is 5.91 Å². The fraction of sp³-hybridized carbons (Fsp3) is 0.